The standard InChI is InChI=1S/C22H28N6O2/c1-7-17-14(3)23-20(26-19(17)29)28-18(12-13(2)27-28)25-21(30)24-16-10-8-15(9-11-16)22(4,5)6/h8-12H,7H2,1-6H3,(H,23,26,29)(H2,24,25,30). The number of carbonyl (C=O) groups is 1. The number of hydrogen-bond acceptors (Lipinski definition) is 4. The SMILES string of the molecule is CCc1c(C)nc(-n2nc(C)cc2NC(=O)Nc2ccc(C(C)(C)C)cc2)[nH]c1=O. The number of amides is 2. The third-order valence-electron chi connectivity index (χ3n) is 4.85. The van der Waals surface area contributed by atoms with Gasteiger partial charge in [0.1, 0.15) is 5.82 Å². The third kappa shape index (κ3) is 4.59. The zero-order chi connectivity index (χ0) is 22.1. The van der Waals surface area contributed by atoms with Crippen molar-refractivity contribution < 1.29 is 4.79 Å². The van der Waals surface area contributed by atoms with E-state index in [1.54, 1.807) is 19.9 Å². The fourth-order valence-electron chi connectivity index (χ4n) is 3.19. The van der Waals surface area contributed by atoms with Crippen LogP contribution in [-0.2, 0) is 11.8 Å². The molecule has 2 aromatic heterocycles. The highest BCUT2D eigenvalue weighted by atomic mass is 16.2. The van der Waals surface area contributed by atoms with Gasteiger partial charge in [-0.2, -0.15) is 9.78 Å². The summed E-state index contributed by atoms with van der Waals surface area (Å²) in [6.07, 6.45) is 0.591. The number of urea groups is 1. The molecule has 0 radical (unpaired) electrons. The maximum atomic E-state index is 12.5. The predicted molar refractivity (Wildman–Crippen MR) is 119 cm³/mol. The van der Waals surface area contributed by atoms with Crippen LogP contribution in [0.3, 0.4) is 0 Å². The summed E-state index contributed by atoms with van der Waals surface area (Å²) in [7, 11) is 0. The molecular weight excluding hydrogens is 380 g/mol. The number of H-pyrrole nitrogens is 1. The Labute approximate surface area is 175 Å². The summed E-state index contributed by atoms with van der Waals surface area (Å²) in [5, 5.41) is 9.95. The van der Waals surface area contributed by atoms with Gasteiger partial charge in [-0.25, -0.2) is 9.78 Å². The lowest BCUT2D eigenvalue weighted by Crippen LogP contribution is -2.24. The summed E-state index contributed by atoms with van der Waals surface area (Å²) < 4.78 is 1.42. The Bertz CT molecular complexity index is 1120. The van der Waals surface area contributed by atoms with Crippen LogP contribution in [0.15, 0.2) is 35.1 Å². The van der Waals surface area contributed by atoms with E-state index < -0.39 is 6.03 Å². The normalized spacial score (nSPS) is 11.4. The van der Waals surface area contributed by atoms with E-state index in [1.807, 2.05) is 31.2 Å². The van der Waals surface area contributed by atoms with Gasteiger partial charge < -0.3 is 5.32 Å². The Balaban J connectivity index is 1.81. The van der Waals surface area contributed by atoms with Gasteiger partial charge in [0.15, 0.2) is 0 Å². The molecule has 30 heavy (non-hydrogen) atoms. The van der Waals surface area contributed by atoms with Crippen LogP contribution in [0.4, 0.5) is 16.3 Å². The monoisotopic (exact) mass is 408 g/mol. The molecule has 2 amide bonds. The van der Waals surface area contributed by atoms with Gasteiger partial charge in [0, 0.05) is 23.0 Å². The quantitative estimate of drug-likeness (QED) is 0.605. The van der Waals surface area contributed by atoms with Gasteiger partial charge in [0.05, 0.1) is 5.69 Å². The van der Waals surface area contributed by atoms with E-state index in [0.717, 1.165) is 0 Å². The van der Waals surface area contributed by atoms with Crippen molar-refractivity contribution in [3.8, 4) is 5.95 Å². The van der Waals surface area contributed by atoms with Crippen molar-refractivity contribution in [3.63, 3.8) is 0 Å². The van der Waals surface area contributed by atoms with E-state index in [1.165, 1.54) is 10.2 Å². The number of aryl methyl sites for hydroxylation is 2. The Hall–Kier alpha value is -3.42. The number of benzene rings is 1. The largest absolute Gasteiger partial charge is 0.324 e. The molecule has 0 atom stereocenters. The second-order valence-corrected chi connectivity index (χ2v) is 8.30. The van der Waals surface area contributed by atoms with E-state index >= 15 is 0 Å². The molecule has 3 N–H and O–H groups in total. The van der Waals surface area contributed by atoms with Crippen molar-refractivity contribution in [1.82, 2.24) is 19.7 Å². The molecule has 1 aromatic carbocycles. The molecule has 0 unspecified atom stereocenters. The van der Waals surface area contributed by atoms with Crippen LogP contribution < -0.4 is 16.2 Å². The average Bonchev–Trinajstić information content (AvgIpc) is 3.01. The minimum absolute atomic E-state index is 0.0419. The van der Waals surface area contributed by atoms with Crippen LogP contribution >= 0.6 is 0 Å². The zero-order valence-electron chi connectivity index (χ0n) is 18.3. The highest BCUT2D eigenvalue weighted by Gasteiger charge is 2.16. The summed E-state index contributed by atoms with van der Waals surface area (Å²) in [5.41, 5.74) is 3.65. The predicted octanol–water partition coefficient (Wildman–Crippen LogP) is 4.08. The van der Waals surface area contributed by atoms with Crippen LogP contribution in [0.1, 0.15) is 50.2 Å². The first-order valence-corrected chi connectivity index (χ1v) is 9.94. The van der Waals surface area contributed by atoms with Crippen LogP contribution in [0.2, 0.25) is 0 Å². The third-order valence-corrected chi connectivity index (χ3v) is 4.85. The van der Waals surface area contributed by atoms with Crippen molar-refractivity contribution >= 4 is 17.5 Å². The smallest absolute Gasteiger partial charge is 0.308 e. The number of nitrogens with zero attached hydrogens (tertiary/aromatic N) is 3. The zero-order valence-corrected chi connectivity index (χ0v) is 18.3. The summed E-state index contributed by atoms with van der Waals surface area (Å²) in [6, 6.07) is 9.03. The minimum atomic E-state index is -0.413. The van der Waals surface area contributed by atoms with Crippen molar-refractivity contribution in [2.24, 2.45) is 0 Å². The maximum Gasteiger partial charge on any atom is 0.324 e. The number of carbonyl (C=O) groups excluding carboxylic acids is 1. The van der Waals surface area contributed by atoms with Gasteiger partial charge in [0.2, 0.25) is 5.95 Å². The van der Waals surface area contributed by atoms with Crippen LogP contribution in [0.5, 0.6) is 0 Å². The molecule has 3 rings (SSSR count). The Morgan fingerprint density at radius 2 is 1.80 bits per heavy atom. The van der Waals surface area contributed by atoms with E-state index in [4.69, 9.17) is 0 Å². The van der Waals surface area contributed by atoms with Crippen molar-refractivity contribution in [2.75, 3.05) is 10.6 Å². The van der Waals surface area contributed by atoms with Gasteiger partial charge in [-0.05, 0) is 43.4 Å². The Morgan fingerprint density at radius 3 is 2.37 bits per heavy atom. The van der Waals surface area contributed by atoms with Crippen molar-refractivity contribution in [2.45, 2.75) is 53.4 Å². The first kappa shape index (κ1) is 21.3. The van der Waals surface area contributed by atoms with Crippen molar-refractivity contribution in [1.29, 1.82) is 0 Å². The molecule has 0 saturated carbocycles. The summed E-state index contributed by atoms with van der Waals surface area (Å²) in [6.45, 7) is 11.9. The summed E-state index contributed by atoms with van der Waals surface area (Å²) in [5.74, 6) is 0.663. The number of hydrogen-bond donors (Lipinski definition) is 3. The molecule has 3 aromatic rings. The molecule has 0 aliphatic heterocycles. The first-order valence-electron chi connectivity index (χ1n) is 9.94. The molecule has 0 bridgehead atoms. The molecular formula is C22H28N6O2. The lowest BCUT2D eigenvalue weighted by Gasteiger charge is -2.19. The van der Waals surface area contributed by atoms with Gasteiger partial charge in [-0.1, -0.05) is 39.8 Å². The molecule has 2 heterocycles. The lowest BCUT2D eigenvalue weighted by atomic mass is 9.87. The number of nitrogens with one attached hydrogen (secondary N) is 3. The van der Waals surface area contributed by atoms with E-state index in [-0.39, 0.29) is 16.9 Å². The van der Waals surface area contributed by atoms with E-state index in [9.17, 15) is 9.59 Å². The van der Waals surface area contributed by atoms with Gasteiger partial charge in [-0.3, -0.25) is 15.1 Å². The molecule has 0 spiro atoms. The molecule has 0 fully saturated rings. The fraction of sp³-hybridized carbons (Fsp3) is 0.364. The minimum Gasteiger partial charge on any atom is -0.308 e. The molecule has 0 saturated heterocycles. The van der Waals surface area contributed by atoms with Gasteiger partial charge >= 0.3 is 6.03 Å². The summed E-state index contributed by atoms with van der Waals surface area (Å²) in [4.78, 5) is 32.0. The highest BCUT2D eigenvalue weighted by molar-refractivity contribution is 5.99. The molecule has 0 aliphatic rings. The average molecular weight is 409 g/mol. The van der Waals surface area contributed by atoms with E-state index in [0.29, 0.717) is 34.9 Å². The second-order valence-electron chi connectivity index (χ2n) is 8.30. The van der Waals surface area contributed by atoms with Crippen molar-refractivity contribution in [3.05, 3.63) is 63.2 Å². The molecule has 158 valence electrons. The van der Waals surface area contributed by atoms with Crippen LogP contribution in [0, 0.1) is 13.8 Å². The van der Waals surface area contributed by atoms with Crippen LogP contribution in [-0.4, -0.2) is 25.8 Å². The Kier molecular flexibility index (Phi) is 5.78. The number of aromatic nitrogens is 4. The van der Waals surface area contributed by atoms with Crippen LogP contribution in [0.25, 0.3) is 5.95 Å². The highest BCUT2D eigenvalue weighted by Crippen LogP contribution is 2.23. The van der Waals surface area contributed by atoms with Gasteiger partial charge in [-0.15, -0.1) is 0 Å². The first-order chi connectivity index (χ1) is 14.1. The lowest BCUT2D eigenvalue weighted by molar-refractivity contribution is 0.262. The van der Waals surface area contributed by atoms with Gasteiger partial charge in [0.25, 0.3) is 5.56 Å². The molecule has 8 heteroatoms. The number of rotatable bonds is 4. The molecule has 0 aliphatic carbocycles. The Morgan fingerprint density at radius 1 is 1.13 bits per heavy atom. The topological polar surface area (TPSA) is 105 Å². The fourth-order valence-corrected chi connectivity index (χ4v) is 3.19. The summed E-state index contributed by atoms with van der Waals surface area (Å²) >= 11 is 0. The molecule has 8 nitrogen and oxygen atoms in total. The maximum absolute atomic E-state index is 12.5. The van der Waals surface area contributed by atoms with E-state index in [2.05, 4.69) is 46.5 Å². The number of anilines is 2. The second kappa shape index (κ2) is 8.14. The number of aromatic amines is 1.